The number of carbonyl (C=O) groups is 1. The summed E-state index contributed by atoms with van der Waals surface area (Å²) < 4.78 is 12.9. The number of hydrogen-bond acceptors (Lipinski definition) is 4. The van der Waals surface area contributed by atoms with Crippen molar-refractivity contribution in [2.75, 3.05) is 6.79 Å². The van der Waals surface area contributed by atoms with Crippen molar-refractivity contribution in [1.29, 1.82) is 0 Å². The van der Waals surface area contributed by atoms with Gasteiger partial charge in [0, 0.05) is 24.2 Å². The predicted octanol–water partition coefficient (Wildman–Crippen LogP) is 4.26. The number of nitrogens with zero attached hydrogens (tertiary/aromatic N) is 2. The Balaban J connectivity index is 1.41. The van der Waals surface area contributed by atoms with E-state index in [9.17, 15) is 4.79 Å². The molecule has 1 aliphatic heterocycles. The predicted molar refractivity (Wildman–Crippen MR) is 114 cm³/mol. The van der Waals surface area contributed by atoms with Crippen LogP contribution in [0.15, 0.2) is 54.7 Å². The van der Waals surface area contributed by atoms with E-state index in [1.54, 1.807) is 0 Å². The van der Waals surface area contributed by atoms with Gasteiger partial charge in [0.2, 0.25) is 12.7 Å². The van der Waals surface area contributed by atoms with Gasteiger partial charge in [0.1, 0.15) is 0 Å². The number of fused-ring (bicyclic) bond motifs is 1. The van der Waals surface area contributed by atoms with Crippen LogP contribution in [0, 0.1) is 0 Å². The van der Waals surface area contributed by atoms with Crippen LogP contribution < -0.4 is 14.8 Å². The molecule has 0 spiro atoms. The van der Waals surface area contributed by atoms with E-state index in [-0.39, 0.29) is 12.7 Å². The van der Waals surface area contributed by atoms with Crippen LogP contribution in [0.4, 0.5) is 0 Å². The molecule has 1 saturated carbocycles. The van der Waals surface area contributed by atoms with E-state index in [0.717, 1.165) is 46.8 Å². The molecule has 1 amide bonds. The molecule has 0 radical (unpaired) electrons. The summed E-state index contributed by atoms with van der Waals surface area (Å²) in [6.45, 7) is 0.242. The monoisotopic (exact) mass is 403 g/mol. The van der Waals surface area contributed by atoms with Gasteiger partial charge in [-0.05, 0) is 55.2 Å². The highest BCUT2D eigenvalue weighted by Crippen LogP contribution is 2.36. The molecule has 0 unspecified atom stereocenters. The molecule has 2 heterocycles. The summed E-state index contributed by atoms with van der Waals surface area (Å²) >= 11 is 0. The largest absolute Gasteiger partial charge is 0.454 e. The minimum absolute atomic E-state index is 0.117. The van der Waals surface area contributed by atoms with E-state index in [2.05, 4.69) is 5.32 Å². The van der Waals surface area contributed by atoms with Crippen molar-refractivity contribution in [3.05, 3.63) is 60.3 Å². The maximum atomic E-state index is 12.5. The first-order valence-corrected chi connectivity index (χ1v) is 10.6. The standard InChI is InChI=1S/C24H25N3O3/c28-23(25-19-6-4-5-7-19)13-11-18-15-27(20-8-2-1-3-9-20)26-24(18)17-10-12-21-22(14-17)30-16-29-21/h1-3,8-10,12,14-15,19H,4-7,11,13,16H2,(H,25,28). The number of hydrogen-bond donors (Lipinski definition) is 1. The van der Waals surface area contributed by atoms with E-state index >= 15 is 0 Å². The van der Waals surface area contributed by atoms with Crippen LogP contribution in [-0.4, -0.2) is 28.5 Å². The Kier molecular flexibility index (Phi) is 5.13. The highest BCUT2D eigenvalue weighted by molar-refractivity contribution is 5.77. The van der Waals surface area contributed by atoms with Gasteiger partial charge in [-0.1, -0.05) is 31.0 Å². The zero-order valence-corrected chi connectivity index (χ0v) is 16.8. The van der Waals surface area contributed by atoms with Gasteiger partial charge in [-0.25, -0.2) is 4.68 Å². The van der Waals surface area contributed by atoms with Gasteiger partial charge in [-0.15, -0.1) is 0 Å². The SMILES string of the molecule is O=C(CCc1cn(-c2ccccc2)nc1-c1ccc2c(c1)OCO2)NC1CCCC1. The molecule has 1 fully saturated rings. The first-order chi connectivity index (χ1) is 14.8. The Hall–Kier alpha value is -3.28. The fraction of sp³-hybridized carbons (Fsp3) is 0.333. The quantitative estimate of drug-likeness (QED) is 0.668. The summed E-state index contributed by atoms with van der Waals surface area (Å²) in [4.78, 5) is 12.5. The number of benzene rings is 2. The normalized spacial score (nSPS) is 15.5. The van der Waals surface area contributed by atoms with Gasteiger partial charge >= 0.3 is 0 Å². The average Bonchev–Trinajstić information content (AvgIpc) is 3.53. The molecule has 2 aliphatic rings. The van der Waals surface area contributed by atoms with Crippen molar-refractivity contribution < 1.29 is 14.3 Å². The molecule has 0 atom stereocenters. The van der Waals surface area contributed by atoms with Crippen molar-refractivity contribution in [3.63, 3.8) is 0 Å². The third-order valence-corrected chi connectivity index (χ3v) is 5.80. The lowest BCUT2D eigenvalue weighted by Crippen LogP contribution is -2.32. The van der Waals surface area contributed by atoms with E-state index in [1.165, 1.54) is 12.8 Å². The van der Waals surface area contributed by atoms with E-state index < -0.39 is 0 Å². The Morgan fingerprint density at radius 2 is 1.87 bits per heavy atom. The second kappa shape index (κ2) is 8.22. The van der Waals surface area contributed by atoms with Crippen LogP contribution in [0.5, 0.6) is 11.5 Å². The molecule has 1 aliphatic carbocycles. The van der Waals surface area contributed by atoms with Crippen LogP contribution in [0.2, 0.25) is 0 Å². The minimum atomic E-state index is 0.117. The summed E-state index contributed by atoms with van der Waals surface area (Å²) in [6.07, 6.45) is 7.73. The highest BCUT2D eigenvalue weighted by Gasteiger charge is 2.20. The zero-order valence-electron chi connectivity index (χ0n) is 16.8. The van der Waals surface area contributed by atoms with Crippen LogP contribution in [0.1, 0.15) is 37.7 Å². The fourth-order valence-electron chi connectivity index (χ4n) is 4.21. The smallest absolute Gasteiger partial charge is 0.231 e. The first kappa shape index (κ1) is 18.7. The summed E-state index contributed by atoms with van der Waals surface area (Å²) in [7, 11) is 0. The number of ether oxygens (including phenoxy) is 2. The lowest BCUT2D eigenvalue weighted by atomic mass is 10.0. The molecular weight excluding hydrogens is 378 g/mol. The number of para-hydroxylation sites is 1. The van der Waals surface area contributed by atoms with Gasteiger partial charge in [-0.2, -0.15) is 5.10 Å². The fourth-order valence-corrected chi connectivity index (χ4v) is 4.21. The van der Waals surface area contributed by atoms with Crippen molar-refractivity contribution >= 4 is 5.91 Å². The van der Waals surface area contributed by atoms with Gasteiger partial charge < -0.3 is 14.8 Å². The molecule has 6 heteroatoms. The van der Waals surface area contributed by atoms with Crippen molar-refractivity contribution in [1.82, 2.24) is 15.1 Å². The molecule has 1 N–H and O–H groups in total. The second-order valence-corrected chi connectivity index (χ2v) is 7.90. The molecule has 2 aromatic carbocycles. The number of nitrogens with one attached hydrogen (secondary N) is 1. The van der Waals surface area contributed by atoms with Crippen molar-refractivity contribution in [2.45, 2.75) is 44.6 Å². The topological polar surface area (TPSA) is 65.4 Å². The first-order valence-electron chi connectivity index (χ1n) is 10.6. The maximum Gasteiger partial charge on any atom is 0.231 e. The molecule has 5 rings (SSSR count). The molecule has 0 saturated heterocycles. The Morgan fingerprint density at radius 1 is 1.07 bits per heavy atom. The average molecular weight is 403 g/mol. The number of carbonyl (C=O) groups excluding carboxylic acids is 1. The summed E-state index contributed by atoms with van der Waals surface area (Å²) in [5.74, 6) is 1.59. The summed E-state index contributed by atoms with van der Waals surface area (Å²) in [5.41, 5.74) is 3.85. The molecule has 6 nitrogen and oxygen atoms in total. The van der Waals surface area contributed by atoms with Crippen LogP contribution in [0.3, 0.4) is 0 Å². The van der Waals surface area contributed by atoms with Gasteiger partial charge in [0.05, 0.1) is 11.4 Å². The number of amides is 1. The molecule has 1 aromatic heterocycles. The van der Waals surface area contributed by atoms with Gasteiger partial charge in [0.15, 0.2) is 11.5 Å². The van der Waals surface area contributed by atoms with Gasteiger partial charge in [-0.3, -0.25) is 4.79 Å². The molecule has 0 bridgehead atoms. The third-order valence-electron chi connectivity index (χ3n) is 5.80. The zero-order chi connectivity index (χ0) is 20.3. The Bertz CT molecular complexity index is 1040. The minimum Gasteiger partial charge on any atom is -0.454 e. The van der Waals surface area contributed by atoms with Crippen LogP contribution >= 0.6 is 0 Å². The highest BCUT2D eigenvalue weighted by atomic mass is 16.7. The molecule has 3 aromatic rings. The van der Waals surface area contributed by atoms with Crippen LogP contribution in [0.25, 0.3) is 16.9 Å². The molecular formula is C24H25N3O3. The number of aromatic nitrogens is 2. The third kappa shape index (κ3) is 3.90. The van der Waals surface area contributed by atoms with E-state index in [0.29, 0.717) is 18.9 Å². The summed E-state index contributed by atoms with van der Waals surface area (Å²) in [6, 6.07) is 16.2. The summed E-state index contributed by atoms with van der Waals surface area (Å²) in [5, 5.41) is 8.02. The van der Waals surface area contributed by atoms with Crippen molar-refractivity contribution in [2.24, 2.45) is 0 Å². The lowest BCUT2D eigenvalue weighted by molar-refractivity contribution is -0.121. The maximum absolute atomic E-state index is 12.5. The number of rotatable bonds is 6. The number of aryl methyl sites for hydroxylation is 1. The van der Waals surface area contributed by atoms with E-state index in [4.69, 9.17) is 14.6 Å². The van der Waals surface area contributed by atoms with Gasteiger partial charge in [0.25, 0.3) is 0 Å². The van der Waals surface area contributed by atoms with E-state index in [1.807, 2.05) is 59.4 Å². The molecule has 30 heavy (non-hydrogen) atoms. The second-order valence-electron chi connectivity index (χ2n) is 7.90. The van der Waals surface area contributed by atoms with Crippen LogP contribution in [-0.2, 0) is 11.2 Å². The Morgan fingerprint density at radius 3 is 2.70 bits per heavy atom. The Labute approximate surface area is 175 Å². The lowest BCUT2D eigenvalue weighted by Gasteiger charge is -2.11. The molecule has 154 valence electrons. The van der Waals surface area contributed by atoms with Crippen molar-refractivity contribution in [3.8, 4) is 28.4 Å².